The molecule has 0 bridgehead atoms. The second-order valence-electron chi connectivity index (χ2n) is 20.9. The van der Waals surface area contributed by atoms with E-state index in [2.05, 4.69) is 118 Å². The average Bonchev–Trinajstić information content (AvgIpc) is 3.41. The van der Waals surface area contributed by atoms with Crippen LogP contribution < -0.4 is 0 Å². The minimum absolute atomic E-state index is 0.0871. The van der Waals surface area contributed by atoms with Crippen molar-refractivity contribution in [1.82, 2.24) is 0 Å². The first-order valence-electron chi connectivity index (χ1n) is 31.7. The lowest BCUT2D eigenvalue weighted by Crippen LogP contribution is -2.30. The van der Waals surface area contributed by atoms with E-state index in [1.807, 2.05) is 0 Å². The first-order valence-corrected chi connectivity index (χ1v) is 31.7. The Morgan fingerprint density at radius 2 is 0.520 bits per heavy atom. The summed E-state index contributed by atoms with van der Waals surface area (Å²) in [5.41, 5.74) is 0. The van der Waals surface area contributed by atoms with Gasteiger partial charge in [-0.05, 0) is 116 Å². The lowest BCUT2D eigenvalue weighted by molar-refractivity contribution is -0.167. The van der Waals surface area contributed by atoms with Gasteiger partial charge in [0.1, 0.15) is 13.2 Å². The molecule has 0 aromatic heterocycles. The molecule has 0 aliphatic rings. The summed E-state index contributed by atoms with van der Waals surface area (Å²) in [4.78, 5) is 38.3. The number of hydrogen-bond donors (Lipinski definition) is 0. The maximum absolute atomic E-state index is 12.9. The third-order valence-corrected chi connectivity index (χ3v) is 13.6. The van der Waals surface area contributed by atoms with Crippen LogP contribution in [0.25, 0.3) is 0 Å². The Balaban J connectivity index is 4.34. The van der Waals surface area contributed by atoms with Gasteiger partial charge in [0, 0.05) is 19.3 Å². The highest BCUT2D eigenvalue weighted by Gasteiger charge is 2.19. The van der Waals surface area contributed by atoms with Crippen LogP contribution >= 0.6 is 0 Å². The van der Waals surface area contributed by atoms with E-state index in [1.54, 1.807) is 0 Å². The Labute approximate surface area is 464 Å². The summed E-state index contributed by atoms with van der Waals surface area (Å²) < 4.78 is 16.9. The summed E-state index contributed by atoms with van der Waals surface area (Å²) in [6.45, 7) is 6.41. The molecule has 75 heavy (non-hydrogen) atoms. The van der Waals surface area contributed by atoms with Crippen molar-refractivity contribution in [2.75, 3.05) is 13.2 Å². The quantitative estimate of drug-likeness (QED) is 0.0261. The summed E-state index contributed by atoms with van der Waals surface area (Å²) in [6, 6.07) is 0. The fourth-order valence-electron chi connectivity index (χ4n) is 8.86. The molecule has 0 saturated carbocycles. The molecule has 0 aromatic rings. The second-order valence-corrected chi connectivity index (χ2v) is 20.9. The minimum atomic E-state index is -0.792. The van der Waals surface area contributed by atoms with E-state index >= 15 is 0 Å². The summed E-state index contributed by atoms with van der Waals surface area (Å²) in [7, 11) is 0. The SMILES string of the molecule is CC/C=C\C/C=C\C/C=C\CCCCCCCCCC(=O)OC(COC(=O)CCCCCCC/C=C\C/C=C\C/C=C\CC)COC(=O)CCCCCCCCCCCCCCC/C=C\C/C=C\CCCCCCC. The molecule has 0 aliphatic carbocycles. The molecular weight excluding hydrogens is 925 g/mol. The van der Waals surface area contributed by atoms with Crippen molar-refractivity contribution in [2.45, 2.75) is 309 Å². The van der Waals surface area contributed by atoms with Crippen LogP contribution in [0.15, 0.2) is 97.2 Å². The number of unbranched alkanes of at least 4 members (excludes halogenated alkanes) is 30. The lowest BCUT2D eigenvalue weighted by Gasteiger charge is -2.18. The molecule has 0 N–H and O–H groups in total. The second kappa shape index (κ2) is 62.9. The molecule has 1 atom stereocenters. The Kier molecular flexibility index (Phi) is 59.8. The standard InChI is InChI=1S/C69H118O6/c1-4-7-10-13-16-19-22-25-28-30-31-32-33-34-35-36-37-39-41-44-47-50-53-56-59-62-68(71)74-65-66(64-73-67(70)61-58-55-52-49-46-43-40-27-24-21-18-15-12-9-6-3)75-69(72)63-60-57-54-51-48-45-42-38-29-26-23-20-17-14-11-8-5-2/h8-9,11-12,17-18,20-22,25-27,29-31,40,66H,4-7,10,13-16,19,23-24,28,32-39,41-65H2,1-3H3/b11-8-,12-9-,20-17-,21-18-,25-22-,29-26-,31-30-,40-27-. The monoisotopic (exact) mass is 1040 g/mol. The fraction of sp³-hybridized carbons (Fsp3) is 0.725. The normalized spacial score (nSPS) is 12.7. The van der Waals surface area contributed by atoms with E-state index in [-0.39, 0.29) is 31.1 Å². The van der Waals surface area contributed by atoms with Crippen LogP contribution in [0.3, 0.4) is 0 Å². The van der Waals surface area contributed by atoms with Crippen molar-refractivity contribution < 1.29 is 28.6 Å². The van der Waals surface area contributed by atoms with E-state index in [9.17, 15) is 14.4 Å². The highest BCUT2D eigenvalue weighted by molar-refractivity contribution is 5.71. The van der Waals surface area contributed by atoms with E-state index in [0.29, 0.717) is 19.3 Å². The maximum atomic E-state index is 12.9. The maximum Gasteiger partial charge on any atom is 0.306 e. The molecule has 430 valence electrons. The van der Waals surface area contributed by atoms with Gasteiger partial charge in [-0.1, -0.05) is 266 Å². The van der Waals surface area contributed by atoms with Crippen LogP contribution in [0.4, 0.5) is 0 Å². The third kappa shape index (κ3) is 61.1. The third-order valence-electron chi connectivity index (χ3n) is 13.6. The van der Waals surface area contributed by atoms with Crippen molar-refractivity contribution in [1.29, 1.82) is 0 Å². The molecule has 0 radical (unpaired) electrons. The molecule has 0 heterocycles. The largest absolute Gasteiger partial charge is 0.462 e. The van der Waals surface area contributed by atoms with Gasteiger partial charge in [0.25, 0.3) is 0 Å². The van der Waals surface area contributed by atoms with Gasteiger partial charge in [0.05, 0.1) is 0 Å². The first kappa shape index (κ1) is 71.3. The molecular formula is C69H118O6. The number of rotatable bonds is 57. The molecule has 1 unspecified atom stereocenters. The summed E-state index contributed by atoms with van der Waals surface area (Å²) in [5, 5.41) is 0. The van der Waals surface area contributed by atoms with E-state index in [1.165, 1.54) is 135 Å². The Morgan fingerprint density at radius 3 is 0.813 bits per heavy atom. The zero-order valence-corrected chi connectivity index (χ0v) is 49.3. The number of carbonyl (C=O) groups is 3. The van der Waals surface area contributed by atoms with Crippen LogP contribution in [0.2, 0.25) is 0 Å². The summed E-state index contributed by atoms with van der Waals surface area (Å²) in [5.74, 6) is -0.907. The Bertz CT molecular complexity index is 1480. The minimum Gasteiger partial charge on any atom is -0.462 e. The van der Waals surface area contributed by atoms with Crippen LogP contribution in [0.5, 0.6) is 0 Å². The molecule has 0 aliphatic heterocycles. The van der Waals surface area contributed by atoms with Crippen molar-refractivity contribution >= 4 is 17.9 Å². The highest BCUT2D eigenvalue weighted by Crippen LogP contribution is 2.16. The molecule has 0 aromatic carbocycles. The predicted molar refractivity (Wildman–Crippen MR) is 325 cm³/mol. The molecule has 0 rings (SSSR count). The van der Waals surface area contributed by atoms with Crippen LogP contribution in [-0.4, -0.2) is 37.2 Å². The lowest BCUT2D eigenvalue weighted by atomic mass is 10.0. The van der Waals surface area contributed by atoms with Crippen LogP contribution in [-0.2, 0) is 28.6 Å². The molecule has 6 nitrogen and oxygen atoms in total. The van der Waals surface area contributed by atoms with Gasteiger partial charge in [-0.2, -0.15) is 0 Å². The Morgan fingerprint density at radius 1 is 0.280 bits per heavy atom. The van der Waals surface area contributed by atoms with Crippen LogP contribution in [0.1, 0.15) is 303 Å². The van der Waals surface area contributed by atoms with Crippen LogP contribution in [0, 0.1) is 0 Å². The van der Waals surface area contributed by atoms with Crippen molar-refractivity contribution in [2.24, 2.45) is 0 Å². The van der Waals surface area contributed by atoms with E-state index < -0.39 is 6.10 Å². The van der Waals surface area contributed by atoms with E-state index in [0.717, 1.165) is 128 Å². The Hall–Kier alpha value is -3.67. The number of allylic oxidation sites excluding steroid dienone is 16. The fourth-order valence-corrected chi connectivity index (χ4v) is 8.86. The number of esters is 3. The van der Waals surface area contributed by atoms with Crippen molar-refractivity contribution in [3.05, 3.63) is 97.2 Å². The van der Waals surface area contributed by atoms with Crippen molar-refractivity contribution in [3.63, 3.8) is 0 Å². The van der Waals surface area contributed by atoms with Gasteiger partial charge in [-0.25, -0.2) is 0 Å². The topological polar surface area (TPSA) is 78.9 Å². The number of ether oxygens (including phenoxy) is 3. The molecule has 0 amide bonds. The predicted octanol–water partition coefficient (Wildman–Crippen LogP) is 21.7. The summed E-state index contributed by atoms with van der Waals surface area (Å²) in [6.07, 6.45) is 84.1. The van der Waals surface area contributed by atoms with Gasteiger partial charge in [0.2, 0.25) is 0 Å². The smallest absolute Gasteiger partial charge is 0.306 e. The van der Waals surface area contributed by atoms with Gasteiger partial charge >= 0.3 is 17.9 Å². The van der Waals surface area contributed by atoms with Crippen molar-refractivity contribution in [3.8, 4) is 0 Å². The van der Waals surface area contributed by atoms with Gasteiger partial charge < -0.3 is 14.2 Å². The zero-order valence-electron chi connectivity index (χ0n) is 49.3. The average molecular weight is 1040 g/mol. The highest BCUT2D eigenvalue weighted by atomic mass is 16.6. The molecule has 0 fully saturated rings. The molecule has 0 spiro atoms. The van der Waals surface area contributed by atoms with E-state index in [4.69, 9.17) is 14.2 Å². The number of carbonyl (C=O) groups excluding carboxylic acids is 3. The molecule has 0 saturated heterocycles. The first-order chi connectivity index (χ1) is 37.0. The molecule has 6 heteroatoms. The zero-order chi connectivity index (χ0) is 54.3. The number of hydrogen-bond acceptors (Lipinski definition) is 6. The van der Waals surface area contributed by atoms with Gasteiger partial charge in [-0.15, -0.1) is 0 Å². The van der Waals surface area contributed by atoms with Gasteiger partial charge in [-0.3, -0.25) is 14.4 Å². The van der Waals surface area contributed by atoms with Gasteiger partial charge in [0.15, 0.2) is 6.10 Å². The summed E-state index contributed by atoms with van der Waals surface area (Å²) >= 11 is 0.